The highest BCUT2D eigenvalue weighted by Crippen LogP contribution is 2.38. The molecule has 4 nitrogen and oxygen atoms in total. The third-order valence-electron chi connectivity index (χ3n) is 5.02. The maximum absolute atomic E-state index is 13.2. The number of carbonyl (C=O) groups is 1. The number of amidine groups is 1. The summed E-state index contributed by atoms with van der Waals surface area (Å²) < 4.78 is 0. The number of thioether (sulfide) groups is 1. The predicted molar refractivity (Wildman–Crippen MR) is 121 cm³/mol. The average molecular weight is 424 g/mol. The highest BCUT2D eigenvalue weighted by Gasteiger charge is 2.38. The second-order valence-electron chi connectivity index (χ2n) is 7.12. The van der Waals surface area contributed by atoms with Gasteiger partial charge in [-0.1, -0.05) is 61.2 Å². The van der Waals surface area contributed by atoms with Crippen LogP contribution in [-0.4, -0.2) is 27.0 Å². The van der Waals surface area contributed by atoms with Gasteiger partial charge in [0.15, 0.2) is 5.17 Å². The number of amides is 1. The highest BCUT2D eigenvalue weighted by molar-refractivity contribution is 8.18. The van der Waals surface area contributed by atoms with Crippen molar-refractivity contribution in [1.29, 1.82) is 0 Å². The number of rotatable bonds is 4. The number of carbonyl (C=O) groups excluding carboxylic acids is 1. The summed E-state index contributed by atoms with van der Waals surface area (Å²) in [6.07, 6.45) is 12.6. The van der Waals surface area contributed by atoms with Crippen molar-refractivity contribution in [2.75, 3.05) is 0 Å². The molecule has 1 amide bonds. The van der Waals surface area contributed by atoms with Crippen molar-refractivity contribution in [2.45, 2.75) is 38.1 Å². The second kappa shape index (κ2) is 9.42. The van der Waals surface area contributed by atoms with E-state index in [0.717, 1.165) is 36.9 Å². The minimum Gasteiger partial charge on any atom is -0.283 e. The first-order chi connectivity index (χ1) is 14.2. The molecule has 0 radical (unpaired) electrons. The lowest BCUT2D eigenvalue weighted by Crippen LogP contribution is -2.40. The number of allylic oxidation sites excluding steroid dienone is 2. The quantitative estimate of drug-likeness (QED) is 0.554. The van der Waals surface area contributed by atoms with E-state index in [1.807, 2.05) is 53.4 Å². The number of hydrogen-bond donors (Lipinski definition) is 0. The molecule has 148 valence electrons. The van der Waals surface area contributed by atoms with E-state index in [1.54, 1.807) is 18.5 Å². The molecule has 1 aliphatic heterocycles. The molecule has 2 aliphatic rings. The molecule has 1 aliphatic carbocycles. The van der Waals surface area contributed by atoms with Crippen LogP contribution in [-0.2, 0) is 4.79 Å². The lowest BCUT2D eigenvalue weighted by atomic mass is 9.94. The Labute approximate surface area is 180 Å². The van der Waals surface area contributed by atoms with Crippen molar-refractivity contribution in [2.24, 2.45) is 4.99 Å². The van der Waals surface area contributed by atoms with E-state index in [2.05, 4.69) is 4.98 Å². The van der Waals surface area contributed by atoms with Gasteiger partial charge in [0.05, 0.1) is 16.8 Å². The molecule has 2 heterocycles. The fourth-order valence-electron chi connectivity index (χ4n) is 3.63. The summed E-state index contributed by atoms with van der Waals surface area (Å²) in [5.41, 5.74) is 1.74. The Bertz CT molecular complexity index is 951. The Morgan fingerprint density at radius 2 is 1.93 bits per heavy atom. The SMILES string of the molecule is O=C1/C(=C/C(Cl)=C/c2ccccc2)SC(=Nc2cccnc2)N1C1CCCCC1. The van der Waals surface area contributed by atoms with Gasteiger partial charge < -0.3 is 0 Å². The van der Waals surface area contributed by atoms with E-state index < -0.39 is 0 Å². The molecule has 0 atom stereocenters. The van der Waals surface area contributed by atoms with Crippen LogP contribution in [0.3, 0.4) is 0 Å². The third kappa shape index (κ3) is 4.98. The molecule has 6 heteroatoms. The molecule has 29 heavy (non-hydrogen) atoms. The van der Waals surface area contributed by atoms with E-state index in [1.165, 1.54) is 18.2 Å². The van der Waals surface area contributed by atoms with E-state index in [0.29, 0.717) is 15.1 Å². The summed E-state index contributed by atoms with van der Waals surface area (Å²) in [6.45, 7) is 0. The Balaban J connectivity index is 1.65. The monoisotopic (exact) mass is 423 g/mol. The van der Waals surface area contributed by atoms with Crippen molar-refractivity contribution in [3.63, 3.8) is 0 Å². The molecule has 1 saturated carbocycles. The van der Waals surface area contributed by atoms with Crippen LogP contribution in [0.5, 0.6) is 0 Å². The number of hydrogen-bond acceptors (Lipinski definition) is 4. The molecule has 1 saturated heterocycles. The Kier molecular flexibility index (Phi) is 6.47. The maximum atomic E-state index is 13.2. The van der Waals surface area contributed by atoms with E-state index in [9.17, 15) is 4.79 Å². The van der Waals surface area contributed by atoms with E-state index in [-0.39, 0.29) is 11.9 Å². The Hall–Kier alpha value is -2.37. The molecule has 0 N–H and O–H groups in total. The largest absolute Gasteiger partial charge is 0.283 e. The van der Waals surface area contributed by atoms with Gasteiger partial charge in [0.1, 0.15) is 0 Å². The fourth-order valence-corrected chi connectivity index (χ4v) is 4.98. The van der Waals surface area contributed by atoms with Crippen LogP contribution in [0, 0.1) is 0 Å². The molecule has 4 rings (SSSR count). The highest BCUT2D eigenvalue weighted by atomic mass is 35.5. The third-order valence-corrected chi connectivity index (χ3v) is 6.22. The van der Waals surface area contributed by atoms with Gasteiger partial charge in [-0.2, -0.15) is 0 Å². The van der Waals surface area contributed by atoms with Crippen LogP contribution in [0.2, 0.25) is 0 Å². The molecule has 0 spiro atoms. The number of nitrogens with zero attached hydrogens (tertiary/aromatic N) is 3. The zero-order chi connectivity index (χ0) is 20.1. The van der Waals surface area contributed by atoms with Gasteiger partial charge in [0, 0.05) is 17.3 Å². The van der Waals surface area contributed by atoms with Crippen LogP contribution in [0.1, 0.15) is 37.7 Å². The summed E-state index contributed by atoms with van der Waals surface area (Å²) in [7, 11) is 0. The molecule has 2 fully saturated rings. The smallest absolute Gasteiger partial charge is 0.267 e. The summed E-state index contributed by atoms with van der Waals surface area (Å²) in [4.78, 5) is 24.6. The van der Waals surface area contributed by atoms with Gasteiger partial charge in [-0.3, -0.25) is 14.7 Å². The topological polar surface area (TPSA) is 45.6 Å². The Morgan fingerprint density at radius 3 is 2.66 bits per heavy atom. The zero-order valence-electron chi connectivity index (χ0n) is 16.0. The van der Waals surface area contributed by atoms with Crippen LogP contribution < -0.4 is 0 Å². The van der Waals surface area contributed by atoms with E-state index >= 15 is 0 Å². The maximum Gasteiger partial charge on any atom is 0.267 e. The predicted octanol–water partition coefficient (Wildman–Crippen LogP) is 6.14. The van der Waals surface area contributed by atoms with Gasteiger partial charge in [-0.15, -0.1) is 0 Å². The van der Waals surface area contributed by atoms with E-state index in [4.69, 9.17) is 16.6 Å². The van der Waals surface area contributed by atoms with Gasteiger partial charge >= 0.3 is 0 Å². The van der Waals surface area contributed by atoms with Crippen molar-refractivity contribution in [1.82, 2.24) is 9.88 Å². The zero-order valence-corrected chi connectivity index (χ0v) is 17.6. The number of benzene rings is 1. The molecule has 0 unspecified atom stereocenters. The molecule has 1 aromatic heterocycles. The summed E-state index contributed by atoms with van der Waals surface area (Å²) in [5.74, 6) is -0.0100. The summed E-state index contributed by atoms with van der Waals surface area (Å²) >= 11 is 7.84. The molecule has 1 aromatic carbocycles. The minimum atomic E-state index is -0.0100. The molecular formula is C23H22ClN3OS. The molecular weight excluding hydrogens is 402 g/mol. The normalized spacial score (nSPS) is 21.3. The summed E-state index contributed by atoms with van der Waals surface area (Å²) in [5, 5.41) is 1.24. The van der Waals surface area contributed by atoms with Crippen molar-refractivity contribution >= 4 is 46.2 Å². The number of pyridine rings is 1. The second-order valence-corrected chi connectivity index (χ2v) is 8.57. The van der Waals surface area contributed by atoms with Crippen molar-refractivity contribution in [3.8, 4) is 0 Å². The van der Waals surface area contributed by atoms with Gasteiger partial charge in [0.2, 0.25) is 0 Å². The number of halogens is 1. The van der Waals surface area contributed by atoms with Crippen LogP contribution >= 0.6 is 23.4 Å². The summed E-state index contributed by atoms with van der Waals surface area (Å²) in [6, 6.07) is 13.8. The number of aliphatic imine (C=N–C) groups is 1. The first kappa shape index (κ1) is 19.9. The van der Waals surface area contributed by atoms with Crippen molar-refractivity contribution < 1.29 is 4.79 Å². The molecule has 0 bridgehead atoms. The van der Waals surface area contributed by atoms with Gasteiger partial charge in [-0.25, -0.2) is 4.99 Å². The van der Waals surface area contributed by atoms with Gasteiger partial charge in [0.25, 0.3) is 5.91 Å². The van der Waals surface area contributed by atoms with Crippen LogP contribution in [0.4, 0.5) is 5.69 Å². The molecule has 2 aromatic rings. The average Bonchev–Trinajstić information content (AvgIpc) is 3.04. The Morgan fingerprint density at radius 1 is 1.14 bits per heavy atom. The van der Waals surface area contributed by atoms with Crippen molar-refractivity contribution in [3.05, 3.63) is 76.4 Å². The standard InChI is InChI=1S/C23H22ClN3OS/c24-18(14-17-8-3-1-4-9-17)15-21-22(28)27(20-11-5-2-6-12-20)23(29-21)26-19-10-7-13-25-16-19/h1,3-4,7-10,13-16,20H,2,5-6,11-12H2/b18-14-,21-15-,26-23?. The lowest BCUT2D eigenvalue weighted by molar-refractivity contribution is -0.124. The van der Waals surface area contributed by atoms with Crippen LogP contribution in [0.25, 0.3) is 6.08 Å². The minimum absolute atomic E-state index is 0.0100. The fraction of sp³-hybridized carbons (Fsp3) is 0.261. The van der Waals surface area contributed by atoms with Crippen LogP contribution in [0.15, 0.2) is 75.9 Å². The lowest BCUT2D eigenvalue weighted by Gasteiger charge is -2.30. The first-order valence-electron chi connectivity index (χ1n) is 9.85. The number of aromatic nitrogens is 1. The first-order valence-corrected chi connectivity index (χ1v) is 11.0. The van der Waals surface area contributed by atoms with Gasteiger partial charge in [-0.05, 0) is 54.5 Å².